The standard InChI is InChI=1S/C20H22FN5O/c1-13-8-9-16(11-17(13)21)22-19(27)15-6-4-10-25(12-15)20-24-23-18-7-3-5-14(2)26(18)20/h3,5,7-9,11,15H,4,6,10,12H2,1-2H3,(H,22,27)/t15-/m0/s1. The van der Waals surface area contributed by atoms with Crippen molar-refractivity contribution in [2.75, 3.05) is 23.3 Å². The van der Waals surface area contributed by atoms with Crippen molar-refractivity contribution in [2.45, 2.75) is 26.7 Å². The number of hydrogen-bond donors (Lipinski definition) is 1. The highest BCUT2D eigenvalue weighted by molar-refractivity contribution is 5.93. The van der Waals surface area contributed by atoms with Crippen LogP contribution in [0.3, 0.4) is 0 Å². The summed E-state index contributed by atoms with van der Waals surface area (Å²) < 4.78 is 15.7. The number of nitrogens with zero attached hydrogens (tertiary/aromatic N) is 4. The van der Waals surface area contributed by atoms with Gasteiger partial charge in [0.05, 0.1) is 5.92 Å². The lowest BCUT2D eigenvalue weighted by atomic mass is 9.97. The van der Waals surface area contributed by atoms with Gasteiger partial charge >= 0.3 is 0 Å². The number of pyridine rings is 1. The highest BCUT2D eigenvalue weighted by Gasteiger charge is 2.28. The van der Waals surface area contributed by atoms with E-state index in [2.05, 4.69) is 20.4 Å². The molecule has 0 unspecified atom stereocenters. The Labute approximate surface area is 157 Å². The first-order valence-corrected chi connectivity index (χ1v) is 9.15. The lowest BCUT2D eigenvalue weighted by molar-refractivity contribution is -0.120. The highest BCUT2D eigenvalue weighted by Crippen LogP contribution is 2.25. The Kier molecular flexibility index (Phi) is 4.51. The molecule has 0 bridgehead atoms. The maximum Gasteiger partial charge on any atom is 0.231 e. The number of fused-ring (bicyclic) bond motifs is 1. The molecular formula is C20H22FN5O. The predicted octanol–water partition coefficient (Wildman–Crippen LogP) is 3.34. The van der Waals surface area contributed by atoms with Crippen molar-refractivity contribution in [1.82, 2.24) is 14.6 Å². The van der Waals surface area contributed by atoms with Gasteiger partial charge in [0.15, 0.2) is 5.65 Å². The van der Waals surface area contributed by atoms with Gasteiger partial charge in [-0.05, 0) is 56.5 Å². The quantitative estimate of drug-likeness (QED) is 0.771. The third-order valence-electron chi connectivity index (χ3n) is 5.12. The number of carbonyl (C=O) groups is 1. The summed E-state index contributed by atoms with van der Waals surface area (Å²) in [5, 5.41) is 11.4. The van der Waals surface area contributed by atoms with Crippen molar-refractivity contribution in [3.63, 3.8) is 0 Å². The molecule has 1 aromatic carbocycles. The predicted molar refractivity (Wildman–Crippen MR) is 102 cm³/mol. The van der Waals surface area contributed by atoms with E-state index in [0.717, 1.165) is 36.7 Å². The Bertz CT molecular complexity index is 999. The van der Waals surface area contributed by atoms with E-state index in [1.807, 2.05) is 29.5 Å². The van der Waals surface area contributed by atoms with Crippen LogP contribution in [0.5, 0.6) is 0 Å². The normalized spacial score (nSPS) is 17.3. The second-order valence-electron chi connectivity index (χ2n) is 7.10. The van der Waals surface area contributed by atoms with E-state index in [0.29, 0.717) is 17.8 Å². The second-order valence-corrected chi connectivity index (χ2v) is 7.10. The molecule has 0 saturated carbocycles. The van der Waals surface area contributed by atoms with Gasteiger partial charge in [-0.1, -0.05) is 12.1 Å². The summed E-state index contributed by atoms with van der Waals surface area (Å²) in [5.41, 5.74) is 2.90. The summed E-state index contributed by atoms with van der Waals surface area (Å²) in [6.45, 7) is 5.11. The molecule has 1 atom stereocenters. The molecular weight excluding hydrogens is 345 g/mol. The zero-order valence-electron chi connectivity index (χ0n) is 15.4. The van der Waals surface area contributed by atoms with Gasteiger partial charge in [0.25, 0.3) is 0 Å². The van der Waals surface area contributed by atoms with E-state index in [-0.39, 0.29) is 17.6 Å². The lowest BCUT2D eigenvalue weighted by Crippen LogP contribution is -2.41. The maximum absolute atomic E-state index is 13.7. The number of hydrogen-bond acceptors (Lipinski definition) is 4. The van der Waals surface area contributed by atoms with E-state index >= 15 is 0 Å². The summed E-state index contributed by atoms with van der Waals surface area (Å²) in [5.74, 6) is 0.179. The Hall–Kier alpha value is -2.96. The minimum Gasteiger partial charge on any atom is -0.340 e. The van der Waals surface area contributed by atoms with Crippen LogP contribution in [0.25, 0.3) is 5.65 Å². The third-order valence-corrected chi connectivity index (χ3v) is 5.12. The first kappa shape index (κ1) is 17.5. The van der Waals surface area contributed by atoms with Crippen LogP contribution in [0.2, 0.25) is 0 Å². The minimum absolute atomic E-state index is 0.0894. The van der Waals surface area contributed by atoms with Crippen molar-refractivity contribution in [1.29, 1.82) is 0 Å². The van der Waals surface area contributed by atoms with Gasteiger partial charge in [-0.25, -0.2) is 4.39 Å². The second kappa shape index (κ2) is 6.98. The van der Waals surface area contributed by atoms with Gasteiger partial charge in [0.1, 0.15) is 5.82 Å². The fraction of sp³-hybridized carbons (Fsp3) is 0.350. The molecule has 2 aromatic heterocycles. The number of anilines is 2. The SMILES string of the molecule is Cc1ccc(NC(=O)[C@H]2CCCN(c3nnc4cccc(C)n34)C2)cc1F. The summed E-state index contributed by atoms with van der Waals surface area (Å²) in [6.07, 6.45) is 1.69. The molecule has 0 aliphatic carbocycles. The molecule has 1 saturated heterocycles. The van der Waals surface area contributed by atoms with Crippen LogP contribution in [0.4, 0.5) is 16.0 Å². The maximum atomic E-state index is 13.7. The number of piperidine rings is 1. The van der Waals surface area contributed by atoms with Crippen molar-refractivity contribution < 1.29 is 9.18 Å². The van der Waals surface area contributed by atoms with E-state index in [1.54, 1.807) is 19.1 Å². The molecule has 140 valence electrons. The summed E-state index contributed by atoms with van der Waals surface area (Å²) in [6, 6.07) is 10.7. The number of aryl methyl sites for hydroxylation is 2. The number of nitrogens with one attached hydrogen (secondary N) is 1. The molecule has 1 aliphatic heterocycles. The molecule has 1 fully saturated rings. The van der Waals surface area contributed by atoms with Gasteiger partial charge < -0.3 is 10.2 Å². The van der Waals surface area contributed by atoms with Crippen molar-refractivity contribution >= 4 is 23.2 Å². The molecule has 3 heterocycles. The van der Waals surface area contributed by atoms with E-state index < -0.39 is 0 Å². The third kappa shape index (κ3) is 3.37. The first-order valence-electron chi connectivity index (χ1n) is 9.15. The molecule has 1 aliphatic rings. The molecule has 1 amide bonds. The number of amides is 1. The number of halogens is 1. The van der Waals surface area contributed by atoms with Crippen LogP contribution in [0, 0.1) is 25.6 Å². The molecule has 4 rings (SSSR count). The van der Waals surface area contributed by atoms with Gasteiger partial charge in [0, 0.05) is 24.5 Å². The van der Waals surface area contributed by atoms with Gasteiger partial charge in [-0.15, -0.1) is 10.2 Å². The van der Waals surface area contributed by atoms with Crippen LogP contribution in [0.1, 0.15) is 24.1 Å². The van der Waals surface area contributed by atoms with Crippen LogP contribution in [0.15, 0.2) is 36.4 Å². The lowest BCUT2D eigenvalue weighted by Gasteiger charge is -2.32. The Balaban J connectivity index is 1.52. The fourth-order valence-electron chi connectivity index (χ4n) is 3.57. The van der Waals surface area contributed by atoms with Gasteiger partial charge in [-0.3, -0.25) is 9.20 Å². The molecule has 1 N–H and O–H groups in total. The fourth-order valence-corrected chi connectivity index (χ4v) is 3.57. The average molecular weight is 367 g/mol. The zero-order chi connectivity index (χ0) is 19.0. The molecule has 27 heavy (non-hydrogen) atoms. The molecule has 0 spiro atoms. The smallest absolute Gasteiger partial charge is 0.231 e. The number of aromatic nitrogens is 3. The van der Waals surface area contributed by atoms with Crippen LogP contribution < -0.4 is 10.2 Å². The van der Waals surface area contributed by atoms with Crippen LogP contribution in [-0.4, -0.2) is 33.6 Å². The van der Waals surface area contributed by atoms with E-state index in [9.17, 15) is 9.18 Å². The molecule has 7 heteroatoms. The summed E-state index contributed by atoms with van der Waals surface area (Å²) in [7, 11) is 0. The highest BCUT2D eigenvalue weighted by atomic mass is 19.1. The minimum atomic E-state index is -0.316. The van der Waals surface area contributed by atoms with Gasteiger partial charge in [-0.2, -0.15) is 0 Å². The summed E-state index contributed by atoms with van der Waals surface area (Å²) in [4.78, 5) is 14.8. The monoisotopic (exact) mass is 367 g/mol. The number of rotatable bonds is 3. The van der Waals surface area contributed by atoms with Gasteiger partial charge in [0.2, 0.25) is 11.9 Å². The van der Waals surface area contributed by atoms with Crippen molar-refractivity contribution in [3.05, 3.63) is 53.5 Å². The van der Waals surface area contributed by atoms with Crippen molar-refractivity contribution in [3.8, 4) is 0 Å². The Morgan fingerprint density at radius 1 is 1.22 bits per heavy atom. The number of benzene rings is 1. The Morgan fingerprint density at radius 2 is 2.07 bits per heavy atom. The number of carbonyl (C=O) groups excluding carboxylic acids is 1. The van der Waals surface area contributed by atoms with Crippen molar-refractivity contribution in [2.24, 2.45) is 5.92 Å². The Morgan fingerprint density at radius 3 is 2.89 bits per heavy atom. The van der Waals surface area contributed by atoms with Crippen LogP contribution in [-0.2, 0) is 4.79 Å². The topological polar surface area (TPSA) is 62.5 Å². The zero-order valence-corrected chi connectivity index (χ0v) is 15.4. The molecule has 6 nitrogen and oxygen atoms in total. The summed E-state index contributed by atoms with van der Waals surface area (Å²) >= 11 is 0. The van der Waals surface area contributed by atoms with E-state index in [4.69, 9.17) is 0 Å². The molecule has 3 aromatic rings. The average Bonchev–Trinajstić information content (AvgIpc) is 3.10. The van der Waals surface area contributed by atoms with Crippen LogP contribution >= 0.6 is 0 Å². The molecule has 0 radical (unpaired) electrons. The largest absolute Gasteiger partial charge is 0.340 e. The first-order chi connectivity index (χ1) is 13.0. The van der Waals surface area contributed by atoms with E-state index in [1.165, 1.54) is 6.07 Å².